The summed E-state index contributed by atoms with van der Waals surface area (Å²) < 4.78 is 5.63. The summed E-state index contributed by atoms with van der Waals surface area (Å²) in [5, 5.41) is 0. The Morgan fingerprint density at radius 3 is 2.79 bits per heavy atom. The van der Waals surface area contributed by atoms with Gasteiger partial charge in [0.05, 0.1) is 6.61 Å². The number of hydrogen-bond acceptors (Lipinski definition) is 1. The van der Waals surface area contributed by atoms with Crippen molar-refractivity contribution >= 4 is 0 Å². The quantitative estimate of drug-likeness (QED) is 0.693. The smallest absolute Gasteiger partial charge is 0.0717 e. The molecule has 1 aromatic rings. The molecule has 0 saturated carbocycles. The van der Waals surface area contributed by atoms with Crippen molar-refractivity contribution in [3.63, 3.8) is 0 Å². The number of hydrogen-bond donors (Lipinski definition) is 0. The van der Waals surface area contributed by atoms with Crippen molar-refractivity contribution in [1.82, 2.24) is 0 Å². The Hall–Kier alpha value is -0.820. The molecule has 0 N–H and O–H groups in total. The molecule has 0 fully saturated rings. The summed E-state index contributed by atoms with van der Waals surface area (Å²) in [6, 6.07) is 8.48. The van der Waals surface area contributed by atoms with E-state index >= 15 is 0 Å². The van der Waals surface area contributed by atoms with Crippen LogP contribution in [-0.2, 0) is 11.3 Å². The summed E-state index contributed by atoms with van der Waals surface area (Å²) in [5.41, 5.74) is 2.57. The molecule has 1 rings (SSSR count). The van der Waals surface area contributed by atoms with E-state index in [1.807, 2.05) is 0 Å². The van der Waals surface area contributed by atoms with Gasteiger partial charge in [0.2, 0.25) is 0 Å². The fraction of sp³-hybridized carbons (Fsp3) is 0.538. The minimum atomic E-state index is 0.666. The van der Waals surface area contributed by atoms with E-state index in [0.29, 0.717) is 5.92 Å². The highest BCUT2D eigenvalue weighted by Gasteiger charge is 1.99. The number of aryl methyl sites for hydroxylation is 1. The average Bonchev–Trinajstić information content (AvgIpc) is 2.17. The predicted molar refractivity (Wildman–Crippen MR) is 60.3 cm³/mol. The second-order valence-electron chi connectivity index (χ2n) is 4.02. The van der Waals surface area contributed by atoms with Crippen LogP contribution in [0.2, 0.25) is 0 Å². The lowest BCUT2D eigenvalue weighted by Crippen LogP contribution is -2.04. The Balaban J connectivity index is 2.31. The molecule has 78 valence electrons. The molecular weight excluding hydrogens is 172 g/mol. The van der Waals surface area contributed by atoms with Crippen molar-refractivity contribution in [3.8, 4) is 0 Å². The first-order valence-electron chi connectivity index (χ1n) is 5.35. The van der Waals surface area contributed by atoms with E-state index < -0.39 is 0 Å². The van der Waals surface area contributed by atoms with Crippen LogP contribution in [0.3, 0.4) is 0 Å². The number of ether oxygens (including phenoxy) is 1. The van der Waals surface area contributed by atoms with E-state index in [0.717, 1.165) is 13.2 Å². The molecule has 1 nitrogen and oxygen atoms in total. The van der Waals surface area contributed by atoms with E-state index in [4.69, 9.17) is 4.74 Å². The van der Waals surface area contributed by atoms with Gasteiger partial charge in [-0.3, -0.25) is 0 Å². The monoisotopic (exact) mass is 192 g/mol. The van der Waals surface area contributed by atoms with Gasteiger partial charge in [0.15, 0.2) is 0 Å². The average molecular weight is 192 g/mol. The van der Waals surface area contributed by atoms with E-state index in [2.05, 4.69) is 45.0 Å². The number of benzene rings is 1. The highest BCUT2D eigenvalue weighted by Crippen LogP contribution is 2.07. The maximum absolute atomic E-state index is 5.63. The summed E-state index contributed by atoms with van der Waals surface area (Å²) in [6.07, 6.45) is 1.19. The van der Waals surface area contributed by atoms with Crippen LogP contribution < -0.4 is 0 Å². The molecule has 0 bridgehead atoms. The zero-order valence-corrected chi connectivity index (χ0v) is 9.42. The van der Waals surface area contributed by atoms with Crippen molar-refractivity contribution in [2.75, 3.05) is 6.61 Å². The maximum Gasteiger partial charge on any atom is 0.0717 e. The van der Waals surface area contributed by atoms with Crippen LogP contribution in [0.1, 0.15) is 31.4 Å². The Labute approximate surface area is 87.1 Å². The molecule has 1 unspecified atom stereocenters. The molecule has 0 spiro atoms. The van der Waals surface area contributed by atoms with Crippen LogP contribution in [0.4, 0.5) is 0 Å². The van der Waals surface area contributed by atoms with E-state index in [-0.39, 0.29) is 0 Å². The zero-order valence-electron chi connectivity index (χ0n) is 9.42. The van der Waals surface area contributed by atoms with Gasteiger partial charge < -0.3 is 4.74 Å². The topological polar surface area (TPSA) is 9.23 Å². The lowest BCUT2D eigenvalue weighted by molar-refractivity contribution is 0.0910. The van der Waals surface area contributed by atoms with Crippen molar-refractivity contribution in [1.29, 1.82) is 0 Å². The van der Waals surface area contributed by atoms with Crippen molar-refractivity contribution in [2.24, 2.45) is 5.92 Å². The Kier molecular flexibility index (Phi) is 4.68. The molecule has 14 heavy (non-hydrogen) atoms. The van der Waals surface area contributed by atoms with Gasteiger partial charge >= 0.3 is 0 Å². The minimum absolute atomic E-state index is 0.666. The summed E-state index contributed by atoms with van der Waals surface area (Å²) >= 11 is 0. The fourth-order valence-corrected chi connectivity index (χ4v) is 1.30. The SMILES string of the molecule is CCC(C)COCc1cccc(C)c1. The molecule has 0 aromatic heterocycles. The normalized spacial score (nSPS) is 12.8. The Bertz CT molecular complexity index is 268. The van der Waals surface area contributed by atoms with Crippen molar-refractivity contribution in [2.45, 2.75) is 33.8 Å². The Morgan fingerprint density at radius 1 is 1.36 bits per heavy atom. The van der Waals surface area contributed by atoms with Gasteiger partial charge in [-0.1, -0.05) is 50.1 Å². The van der Waals surface area contributed by atoms with Gasteiger partial charge in [0.25, 0.3) is 0 Å². The van der Waals surface area contributed by atoms with Gasteiger partial charge in [0.1, 0.15) is 0 Å². The van der Waals surface area contributed by atoms with Crippen molar-refractivity contribution in [3.05, 3.63) is 35.4 Å². The summed E-state index contributed by atoms with van der Waals surface area (Å²) in [4.78, 5) is 0. The van der Waals surface area contributed by atoms with E-state index in [9.17, 15) is 0 Å². The molecule has 0 aliphatic carbocycles. The lowest BCUT2D eigenvalue weighted by Gasteiger charge is -2.09. The third kappa shape index (κ3) is 3.93. The highest BCUT2D eigenvalue weighted by atomic mass is 16.5. The Morgan fingerprint density at radius 2 is 2.14 bits per heavy atom. The summed E-state index contributed by atoms with van der Waals surface area (Å²) in [7, 11) is 0. The molecule has 1 aromatic carbocycles. The maximum atomic E-state index is 5.63. The first kappa shape index (κ1) is 11.3. The molecule has 0 saturated heterocycles. The van der Waals surface area contributed by atoms with Gasteiger partial charge in [0, 0.05) is 6.61 Å². The molecule has 0 aliphatic heterocycles. The standard InChI is InChI=1S/C13H20O/c1-4-11(2)9-14-10-13-7-5-6-12(3)8-13/h5-8,11H,4,9-10H2,1-3H3. The second-order valence-corrected chi connectivity index (χ2v) is 4.02. The van der Waals surface area contributed by atoms with Gasteiger partial charge in [-0.25, -0.2) is 0 Å². The third-order valence-corrected chi connectivity index (χ3v) is 2.45. The van der Waals surface area contributed by atoms with Gasteiger partial charge in [-0.05, 0) is 18.4 Å². The van der Waals surface area contributed by atoms with E-state index in [1.165, 1.54) is 17.5 Å². The first-order valence-corrected chi connectivity index (χ1v) is 5.35. The fourth-order valence-electron chi connectivity index (χ4n) is 1.30. The van der Waals surface area contributed by atoms with Crippen LogP contribution in [0.25, 0.3) is 0 Å². The van der Waals surface area contributed by atoms with Crippen LogP contribution in [0.5, 0.6) is 0 Å². The lowest BCUT2D eigenvalue weighted by atomic mass is 10.1. The molecule has 1 heteroatoms. The van der Waals surface area contributed by atoms with Crippen LogP contribution in [-0.4, -0.2) is 6.61 Å². The van der Waals surface area contributed by atoms with E-state index in [1.54, 1.807) is 0 Å². The largest absolute Gasteiger partial charge is 0.376 e. The van der Waals surface area contributed by atoms with Crippen molar-refractivity contribution < 1.29 is 4.74 Å². The first-order chi connectivity index (χ1) is 6.72. The number of rotatable bonds is 5. The van der Waals surface area contributed by atoms with Crippen LogP contribution in [0.15, 0.2) is 24.3 Å². The van der Waals surface area contributed by atoms with Gasteiger partial charge in [-0.15, -0.1) is 0 Å². The molecule has 0 amide bonds. The highest BCUT2D eigenvalue weighted by molar-refractivity contribution is 5.21. The summed E-state index contributed by atoms with van der Waals surface area (Å²) in [5.74, 6) is 0.666. The predicted octanol–water partition coefficient (Wildman–Crippen LogP) is 3.56. The third-order valence-electron chi connectivity index (χ3n) is 2.45. The zero-order chi connectivity index (χ0) is 10.4. The van der Waals surface area contributed by atoms with Crippen LogP contribution in [0, 0.1) is 12.8 Å². The molecular formula is C13H20O. The molecule has 0 aliphatic rings. The minimum Gasteiger partial charge on any atom is -0.376 e. The summed E-state index contributed by atoms with van der Waals surface area (Å²) in [6.45, 7) is 8.13. The molecule has 1 atom stereocenters. The molecule has 0 heterocycles. The molecule has 0 radical (unpaired) electrons. The second kappa shape index (κ2) is 5.82. The van der Waals surface area contributed by atoms with Gasteiger partial charge in [-0.2, -0.15) is 0 Å². The van der Waals surface area contributed by atoms with Crippen LogP contribution >= 0.6 is 0 Å².